The van der Waals surface area contributed by atoms with E-state index in [4.69, 9.17) is 32.9 Å². The van der Waals surface area contributed by atoms with E-state index < -0.39 is 0 Å². The average molecular weight is 496 g/mol. The molecule has 34 heavy (non-hydrogen) atoms. The molecular weight excluding hydrogens is 469 g/mol. The lowest BCUT2D eigenvalue weighted by molar-refractivity contribution is 0.0953. The summed E-state index contributed by atoms with van der Waals surface area (Å²) in [5.74, 6) is 1.64. The highest BCUT2D eigenvalue weighted by Crippen LogP contribution is 2.23. The normalized spacial score (nSPS) is 11.0. The molecule has 1 aromatic heterocycles. The SMILES string of the molecule is O=C(NCCCc1nc2ccccc2n1CCCCOc1ccccc1Cl)c1cccc(Cl)c1. The molecule has 5 nitrogen and oxygen atoms in total. The van der Waals surface area contributed by atoms with Crippen molar-refractivity contribution in [2.75, 3.05) is 13.2 Å². The Morgan fingerprint density at radius 2 is 1.76 bits per heavy atom. The van der Waals surface area contributed by atoms with Crippen molar-refractivity contribution >= 4 is 40.1 Å². The fourth-order valence-electron chi connectivity index (χ4n) is 3.86. The van der Waals surface area contributed by atoms with Gasteiger partial charge in [0.15, 0.2) is 0 Å². The van der Waals surface area contributed by atoms with Gasteiger partial charge in [-0.1, -0.05) is 53.5 Å². The Morgan fingerprint density at radius 1 is 0.941 bits per heavy atom. The number of para-hydroxylation sites is 3. The van der Waals surface area contributed by atoms with Gasteiger partial charge in [-0.05, 0) is 61.7 Å². The lowest BCUT2D eigenvalue weighted by Gasteiger charge is -2.11. The molecule has 1 heterocycles. The molecule has 0 spiro atoms. The van der Waals surface area contributed by atoms with Gasteiger partial charge in [0.05, 0.1) is 22.7 Å². The molecule has 4 aromatic rings. The summed E-state index contributed by atoms with van der Waals surface area (Å²) in [6.07, 6.45) is 3.45. The number of imidazole rings is 1. The maximum Gasteiger partial charge on any atom is 0.251 e. The largest absolute Gasteiger partial charge is 0.492 e. The van der Waals surface area contributed by atoms with Crippen LogP contribution in [0, 0.1) is 0 Å². The van der Waals surface area contributed by atoms with Crippen LogP contribution in [0.1, 0.15) is 35.4 Å². The van der Waals surface area contributed by atoms with E-state index in [0.717, 1.165) is 54.8 Å². The highest BCUT2D eigenvalue weighted by atomic mass is 35.5. The van der Waals surface area contributed by atoms with Gasteiger partial charge in [0, 0.05) is 30.1 Å². The Kier molecular flexibility index (Phi) is 8.45. The molecule has 4 rings (SSSR count). The van der Waals surface area contributed by atoms with Crippen molar-refractivity contribution in [1.82, 2.24) is 14.9 Å². The topological polar surface area (TPSA) is 56.2 Å². The Hall–Kier alpha value is -3.02. The number of benzene rings is 3. The molecule has 176 valence electrons. The number of fused-ring (bicyclic) bond motifs is 1. The molecule has 0 unspecified atom stereocenters. The zero-order chi connectivity index (χ0) is 23.8. The number of ether oxygens (including phenoxy) is 1. The van der Waals surface area contributed by atoms with Gasteiger partial charge in [-0.15, -0.1) is 0 Å². The van der Waals surface area contributed by atoms with Crippen LogP contribution in [0.15, 0.2) is 72.8 Å². The van der Waals surface area contributed by atoms with Crippen LogP contribution in [-0.4, -0.2) is 28.6 Å². The number of hydrogen-bond acceptors (Lipinski definition) is 3. The van der Waals surface area contributed by atoms with Crippen molar-refractivity contribution in [3.8, 4) is 5.75 Å². The lowest BCUT2D eigenvalue weighted by Crippen LogP contribution is -2.25. The Bertz CT molecular complexity index is 1260. The number of aryl methyl sites for hydroxylation is 2. The summed E-state index contributed by atoms with van der Waals surface area (Å²) in [6, 6.07) is 22.7. The molecule has 0 radical (unpaired) electrons. The van der Waals surface area contributed by atoms with E-state index in [0.29, 0.717) is 28.8 Å². The van der Waals surface area contributed by atoms with Crippen LogP contribution in [0.25, 0.3) is 11.0 Å². The van der Waals surface area contributed by atoms with Gasteiger partial charge in [-0.25, -0.2) is 4.98 Å². The Labute approximate surface area is 209 Å². The summed E-state index contributed by atoms with van der Waals surface area (Å²) < 4.78 is 8.10. The predicted octanol–water partition coefficient (Wildman–Crippen LogP) is 6.56. The summed E-state index contributed by atoms with van der Waals surface area (Å²) in [4.78, 5) is 17.2. The van der Waals surface area contributed by atoms with Crippen molar-refractivity contribution in [2.24, 2.45) is 0 Å². The second-order valence-corrected chi connectivity index (χ2v) is 8.87. The highest BCUT2D eigenvalue weighted by Gasteiger charge is 2.11. The molecule has 0 bridgehead atoms. The number of hydrogen-bond donors (Lipinski definition) is 1. The van der Waals surface area contributed by atoms with Crippen molar-refractivity contribution in [1.29, 1.82) is 0 Å². The van der Waals surface area contributed by atoms with Crippen LogP contribution < -0.4 is 10.1 Å². The van der Waals surface area contributed by atoms with E-state index in [1.165, 1.54) is 0 Å². The molecule has 1 amide bonds. The second-order valence-electron chi connectivity index (χ2n) is 8.02. The van der Waals surface area contributed by atoms with Crippen LogP contribution >= 0.6 is 23.2 Å². The summed E-state index contributed by atoms with van der Waals surface area (Å²) in [5, 5.41) is 4.15. The first kappa shape index (κ1) is 24.1. The van der Waals surface area contributed by atoms with Crippen molar-refractivity contribution in [3.05, 3.63) is 94.2 Å². The number of carbonyl (C=O) groups is 1. The van der Waals surface area contributed by atoms with E-state index in [9.17, 15) is 4.79 Å². The van der Waals surface area contributed by atoms with E-state index in [2.05, 4.69) is 16.0 Å². The van der Waals surface area contributed by atoms with E-state index >= 15 is 0 Å². The van der Waals surface area contributed by atoms with Gasteiger partial charge in [0.25, 0.3) is 5.91 Å². The van der Waals surface area contributed by atoms with Crippen LogP contribution in [0.3, 0.4) is 0 Å². The average Bonchev–Trinajstić information content (AvgIpc) is 3.20. The first-order valence-electron chi connectivity index (χ1n) is 11.5. The van der Waals surface area contributed by atoms with E-state index in [1.54, 1.807) is 24.3 Å². The monoisotopic (exact) mass is 495 g/mol. The van der Waals surface area contributed by atoms with Crippen LogP contribution in [-0.2, 0) is 13.0 Å². The lowest BCUT2D eigenvalue weighted by atomic mass is 10.2. The molecular formula is C27H27Cl2N3O2. The molecule has 1 N–H and O–H groups in total. The standard InChI is InChI=1S/C27H27Cl2N3O2/c28-21-10-7-9-20(19-21)27(33)30-16-8-15-26-31-23-12-2-3-13-24(23)32(26)17-5-6-18-34-25-14-4-1-11-22(25)29/h1-4,7,9-14,19H,5-6,8,15-18H2,(H,30,33). The highest BCUT2D eigenvalue weighted by molar-refractivity contribution is 6.32. The van der Waals surface area contributed by atoms with E-state index in [-0.39, 0.29) is 5.91 Å². The van der Waals surface area contributed by atoms with Crippen LogP contribution in [0.4, 0.5) is 0 Å². The van der Waals surface area contributed by atoms with Crippen LogP contribution in [0.5, 0.6) is 5.75 Å². The number of nitrogens with one attached hydrogen (secondary N) is 1. The predicted molar refractivity (Wildman–Crippen MR) is 138 cm³/mol. The number of nitrogens with zero attached hydrogens (tertiary/aromatic N) is 2. The maximum atomic E-state index is 12.3. The first-order chi connectivity index (χ1) is 16.6. The minimum atomic E-state index is -0.116. The fraction of sp³-hybridized carbons (Fsp3) is 0.259. The minimum absolute atomic E-state index is 0.116. The number of rotatable bonds is 11. The quantitative estimate of drug-likeness (QED) is 0.239. The molecule has 0 aliphatic carbocycles. The van der Waals surface area contributed by atoms with Gasteiger partial charge in [-0.3, -0.25) is 4.79 Å². The summed E-state index contributed by atoms with van der Waals surface area (Å²) in [7, 11) is 0. The third kappa shape index (κ3) is 6.31. The molecule has 0 saturated heterocycles. The smallest absolute Gasteiger partial charge is 0.251 e. The number of halogens is 2. The second kappa shape index (κ2) is 11.9. The number of amides is 1. The molecule has 7 heteroatoms. The number of aromatic nitrogens is 2. The van der Waals surface area contributed by atoms with Crippen molar-refractivity contribution in [2.45, 2.75) is 32.2 Å². The molecule has 3 aromatic carbocycles. The van der Waals surface area contributed by atoms with E-state index in [1.807, 2.05) is 42.5 Å². The number of unbranched alkanes of at least 4 members (excludes halogenated alkanes) is 1. The third-order valence-corrected chi connectivity index (χ3v) is 6.10. The van der Waals surface area contributed by atoms with Gasteiger partial charge < -0.3 is 14.6 Å². The molecule has 0 fully saturated rings. The zero-order valence-electron chi connectivity index (χ0n) is 18.8. The molecule has 0 saturated carbocycles. The summed E-state index contributed by atoms with van der Waals surface area (Å²) in [6.45, 7) is 2.04. The van der Waals surface area contributed by atoms with Crippen molar-refractivity contribution in [3.63, 3.8) is 0 Å². The summed E-state index contributed by atoms with van der Waals surface area (Å²) in [5.41, 5.74) is 2.69. The summed E-state index contributed by atoms with van der Waals surface area (Å²) >= 11 is 12.1. The third-order valence-electron chi connectivity index (χ3n) is 5.55. The number of carbonyl (C=O) groups excluding carboxylic acids is 1. The van der Waals surface area contributed by atoms with Crippen molar-refractivity contribution < 1.29 is 9.53 Å². The fourth-order valence-corrected chi connectivity index (χ4v) is 4.24. The van der Waals surface area contributed by atoms with Gasteiger partial charge in [-0.2, -0.15) is 0 Å². The minimum Gasteiger partial charge on any atom is -0.492 e. The molecule has 0 aliphatic rings. The zero-order valence-corrected chi connectivity index (χ0v) is 20.4. The van der Waals surface area contributed by atoms with Gasteiger partial charge in [0.2, 0.25) is 0 Å². The molecule has 0 aliphatic heterocycles. The Morgan fingerprint density at radius 3 is 2.62 bits per heavy atom. The van der Waals surface area contributed by atoms with Gasteiger partial charge in [0.1, 0.15) is 11.6 Å². The maximum absolute atomic E-state index is 12.3. The van der Waals surface area contributed by atoms with Gasteiger partial charge >= 0.3 is 0 Å². The molecule has 0 atom stereocenters. The van der Waals surface area contributed by atoms with Crippen LogP contribution in [0.2, 0.25) is 10.0 Å². The Balaban J connectivity index is 1.30. The first-order valence-corrected chi connectivity index (χ1v) is 12.2.